The van der Waals surface area contributed by atoms with Crippen LogP contribution in [0.5, 0.6) is 0 Å². The lowest BCUT2D eigenvalue weighted by molar-refractivity contribution is -0.128. The SMILES string of the molecule is CC(=O)N1CCC(NC2CCCC2)=C(C(=N)N2CCCc3cc(Br)ccc32)C1. The highest BCUT2D eigenvalue weighted by atomic mass is 79.9. The Labute approximate surface area is 175 Å². The van der Waals surface area contributed by atoms with Crippen molar-refractivity contribution in [3.05, 3.63) is 39.5 Å². The zero-order chi connectivity index (χ0) is 19.7. The zero-order valence-corrected chi connectivity index (χ0v) is 18.1. The Balaban J connectivity index is 1.65. The summed E-state index contributed by atoms with van der Waals surface area (Å²) >= 11 is 3.57. The van der Waals surface area contributed by atoms with Gasteiger partial charge in [0.15, 0.2) is 0 Å². The highest BCUT2D eigenvalue weighted by molar-refractivity contribution is 9.10. The van der Waals surface area contributed by atoms with E-state index in [4.69, 9.17) is 5.41 Å². The van der Waals surface area contributed by atoms with Crippen LogP contribution in [0.15, 0.2) is 33.9 Å². The Morgan fingerprint density at radius 3 is 2.71 bits per heavy atom. The van der Waals surface area contributed by atoms with Gasteiger partial charge < -0.3 is 15.1 Å². The molecule has 2 N–H and O–H groups in total. The summed E-state index contributed by atoms with van der Waals surface area (Å²) in [6.07, 6.45) is 7.89. The lowest BCUT2D eigenvalue weighted by atomic mass is 9.98. The van der Waals surface area contributed by atoms with Crippen LogP contribution in [0.1, 0.15) is 51.0 Å². The quantitative estimate of drug-likeness (QED) is 0.541. The van der Waals surface area contributed by atoms with Crippen LogP contribution in [-0.4, -0.2) is 42.3 Å². The van der Waals surface area contributed by atoms with E-state index >= 15 is 0 Å². The van der Waals surface area contributed by atoms with Crippen molar-refractivity contribution < 1.29 is 4.79 Å². The normalized spacial score (nSPS) is 20.4. The van der Waals surface area contributed by atoms with E-state index in [0.29, 0.717) is 18.4 Å². The van der Waals surface area contributed by atoms with Crippen molar-refractivity contribution in [1.82, 2.24) is 10.2 Å². The second-order valence-corrected chi connectivity index (χ2v) is 9.07. The smallest absolute Gasteiger partial charge is 0.219 e. The topological polar surface area (TPSA) is 59.4 Å². The first kappa shape index (κ1) is 19.5. The first-order chi connectivity index (χ1) is 13.5. The molecule has 4 rings (SSSR count). The largest absolute Gasteiger partial charge is 0.385 e. The molecule has 28 heavy (non-hydrogen) atoms. The minimum Gasteiger partial charge on any atom is -0.385 e. The molecular formula is C22H29BrN4O. The second-order valence-electron chi connectivity index (χ2n) is 8.15. The maximum absolute atomic E-state index is 12.0. The number of amides is 1. The van der Waals surface area contributed by atoms with E-state index in [1.165, 1.54) is 36.9 Å². The van der Waals surface area contributed by atoms with Gasteiger partial charge in [-0.3, -0.25) is 10.2 Å². The van der Waals surface area contributed by atoms with Gasteiger partial charge in [0.2, 0.25) is 5.91 Å². The molecule has 2 heterocycles. The van der Waals surface area contributed by atoms with Gasteiger partial charge >= 0.3 is 0 Å². The summed E-state index contributed by atoms with van der Waals surface area (Å²) < 4.78 is 1.09. The summed E-state index contributed by atoms with van der Waals surface area (Å²) in [7, 11) is 0. The Morgan fingerprint density at radius 1 is 1.18 bits per heavy atom. The van der Waals surface area contributed by atoms with Gasteiger partial charge in [0.25, 0.3) is 0 Å². The number of nitrogens with zero attached hydrogens (tertiary/aromatic N) is 2. The van der Waals surface area contributed by atoms with E-state index in [-0.39, 0.29) is 5.91 Å². The first-order valence-electron chi connectivity index (χ1n) is 10.4. The number of benzene rings is 1. The highest BCUT2D eigenvalue weighted by Crippen LogP contribution is 2.32. The van der Waals surface area contributed by atoms with Crippen LogP contribution in [0.2, 0.25) is 0 Å². The van der Waals surface area contributed by atoms with E-state index in [2.05, 4.69) is 44.3 Å². The fourth-order valence-electron chi connectivity index (χ4n) is 4.69. The van der Waals surface area contributed by atoms with Crippen LogP contribution >= 0.6 is 15.9 Å². The average Bonchev–Trinajstić information content (AvgIpc) is 3.20. The molecule has 0 spiro atoms. The van der Waals surface area contributed by atoms with Gasteiger partial charge in [-0.05, 0) is 49.4 Å². The van der Waals surface area contributed by atoms with Crippen molar-refractivity contribution in [2.24, 2.45) is 0 Å². The maximum atomic E-state index is 12.0. The Kier molecular flexibility index (Phi) is 5.76. The Hall–Kier alpha value is -1.82. The molecule has 3 aliphatic rings. The van der Waals surface area contributed by atoms with Crippen molar-refractivity contribution >= 4 is 33.4 Å². The summed E-state index contributed by atoms with van der Waals surface area (Å²) in [5.41, 5.74) is 4.59. The van der Waals surface area contributed by atoms with Crippen molar-refractivity contribution in [2.75, 3.05) is 24.5 Å². The summed E-state index contributed by atoms with van der Waals surface area (Å²) in [6, 6.07) is 6.86. The number of carbonyl (C=O) groups is 1. The summed E-state index contributed by atoms with van der Waals surface area (Å²) in [4.78, 5) is 16.0. The molecule has 1 aromatic carbocycles. The van der Waals surface area contributed by atoms with Crippen LogP contribution < -0.4 is 10.2 Å². The van der Waals surface area contributed by atoms with E-state index < -0.39 is 0 Å². The molecule has 1 aliphatic carbocycles. The molecule has 0 saturated heterocycles. The molecule has 2 aliphatic heterocycles. The number of anilines is 1. The Morgan fingerprint density at radius 2 is 1.96 bits per heavy atom. The molecule has 0 radical (unpaired) electrons. The number of rotatable bonds is 3. The van der Waals surface area contributed by atoms with Crippen LogP contribution in [0.4, 0.5) is 5.69 Å². The summed E-state index contributed by atoms with van der Waals surface area (Å²) in [5, 5.41) is 12.8. The number of hydrogen-bond donors (Lipinski definition) is 2. The predicted octanol–water partition coefficient (Wildman–Crippen LogP) is 4.22. The fraction of sp³-hybridized carbons (Fsp3) is 0.545. The van der Waals surface area contributed by atoms with E-state index in [1.807, 2.05) is 4.90 Å². The second kappa shape index (κ2) is 8.27. The standard InChI is InChI=1S/C22H29BrN4O/c1-15(28)26-12-10-20(25-18-6-2-3-7-18)19(14-26)22(24)27-11-4-5-16-13-17(23)8-9-21(16)27/h8-9,13,18,24-25H,2-7,10-12,14H2,1H3. The van der Waals surface area contributed by atoms with Crippen LogP contribution in [0.25, 0.3) is 0 Å². The molecular weight excluding hydrogens is 416 g/mol. The van der Waals surface area contributed by atoms with Crippen LogP contribution in [-0.2, 0) is 11.2 Å². The summed E-state index contributed by atoms with van der Waals surface area (Å²) in [6.45, 7) is 3.76. The van der Waals surface area contributed by atoms with Gasteiger partial charge in [-0.2, -0.15) is 0 Å². The molecule has 0 bridgehead atoms. The van der Waals surface area contributed by atoms with Gasteiger partial charge in [0.05, 0.1) is 6.54 Å². The number of hydrogen-bond acceptors (Lipinski definition) is 3. The third-order valence-corrected chi connectivity index (χ3v) is 6.73. The zero-order valence-electron chi connectivity index (χ0n) is 16.6. The van der Waals surface area contributed by atoms with Gasteiger partial charge in [-0.1, -0.05) is 28.8 Å². The predicted molar refractivity (Wildman–Crippen MR) is 117 cm³/mol. The maximum Gasteiger partial charge on any atom is 0.219 e. The third-order valence-electron chi connectivity index (χ3n) is 6.24. The molecule has 0 atom stereocenters. The molecule has 1 aromatic rings. The monoisotopic (exact) mass is 444 g/mol. The van der Waals surface area contributed by atoms with Crippen molar-refractivity contribution in [3.8, 4) is 0 Å². The number of fused-ring (bicyclic) bond motifs is 1. The van der Waals surface area contributed by atoms with E-state index in [0.717, 1.165) is 48.1 Å². The molecule has 0 aromatic heterocycles. The summed E-state index contributed by atoms with van der Waals surface area (Å²) in [5.74, 6) is 0.642. The average molecular weight is 445 g/mol. The van der Waals surface area contributed by atoms with E-state index in [1.54, 1.807) is 6.92 Å². The number of carbonyl (C=O) groups excluding carboxylic acids is 1. The number of amidine groups is 1. The first-order valence-corrected chi connectivity index (χ1v) is 11.2. The molecule has 5 nitrogen and oxygen atoms in total. The van der Waals surface area contributed by atoms with Crippen molar-refractivity contribution in [2.45, 2.75) is 57.9 Å². The Bertz CT molecular complexity index is 813. The highest BCUT2D eigenvalue weighted by Gasteiger charge is 2.30. The van der Waals surface area contributed by atoms with Gasteiger partial charge in [0, 0.05) is 53.9 Å². The van der Waals surface area contributed by atoms with E-state index in [9.17, 15) is 4.79 Å². The third kappa shape index (κ3) is 3.97. The van der Waals surface area contributed by atoms with Crippen LogP contribution in [0.3, 0.4) is 0 Å². The molecule has 150 valence electrons. The fourth-order valence-corrected chi connectivity index (χ4v) is 5.09. The molecule has 0 unspecified atom stereocenters. The number of aryl methyl sites for hydroxylation is 1. The van der Waals surface area contributed by atoms with Gasteiger partial charge in [0.1, 0.15) is 5.84 Å². The minimum atomic E-state index is 0.0909. The number of halogens is 1. The molecule has 1 fully saturated rings. The lowest BCUT2D eigenvalue weighted by Gasteiger charge is -2.37. The van der Waals surface area contributed by atoms with Gasteiger partial charge in [-0.25, -0.2) is 0 Å². The molecule has 1 amide bonds. The number of nitrogens with one attached hydrogen (secondary N) is 2. The van der Waals surface area contributed by atoms with Crippen molar-refractivity contribution in [1.29, 1.82) is 5.41 Å². The lowest BCUT2D eigenvalue weighted by Crippen LogP contribution is -2.45. The molecule has 1 saturated carbocycles. The van der Waals surface area contributed by atoms with Crippen molar-refractivity contribution in [3.63, 3.8) is 0 Å². The minimum absolute atomic E-state index is 0.0909. The van der Waals surface area contributed by atoms with Crippen LogP contribution in [0, 0.1) is 5.41 Å². The van der Waals surface area contributed by atoms with Gasteiger partial charge in [-0.15, -0.1) is 0 Å². The molecule has 6 heteroatoms.